The van der Waals surface area contributed by atoms with E-state index < -0.39 is 6.10 Å². The Morgan fingerprint density at radius 1 is 1.09 bits per heavy atom. The molecule has 2 aromatic carbocycles. The third-order valence-corrected chi connectivity index (χ3v) is 3.18. The van der Waals surface area contributed by atoms with Gasteiger partial charge in [-0.25, -0.2) is 0 Å². The first-order chi connectivity index (χ1) is 10.7. The van der Waals surface area contributed by atoms with Gasteiger partial charge in [-0.3, -0.25) is 4.79 Å². The molecule has 1 atom stereocenters. The predicted octanol–water partition coefficient (Wildman–Crippen LogP) is 2.96. The monoisotopic (exact) mass is 299 g/mol. The molecule has 1 amide bonds. The minimum atomic E-state index is -0.541. The highest BCUT2D eigenvalue weighted by Gasteiger charge is 2.13. The Bertz CT molecular complexity index is 598. The van der Waals surface area contributed by atoms with Gasteiger partial charge in [0.05, 0.1) is 6.54 Å². The van der Waals surface area contributed by atoms with E-state index in [1.807, 2.05) is 61.5 Å². The maximum Gasteiger partial charge on any atom is 0.260 e. The SMILES string of the molecule is Cc1ccccc1OCCNC(=O)[C@H](C)Oc1ccccc1. The number of nitrogens with one attached hydrogen (secondary N) is 1. The molecule has 22 heavy (non-hydrogen) atoms. The van der Waals surface area contributed by atoms with Crippen LogP contribution >= 0.6 is 0 Å². The average Bonchev–Trinajstić information content (AvgIpc) is 2.53. The number of amides is 1. The zero-order chi connectivity index (χ0) is 15.8. The first-order valence-electron chi connectivity index (χ1n) is 7.34. The Morgan fingerprint density at radius 2 is 1.77 bits per heavy atom. The van der Waals surface area contributed by atoms with Crippen LogP contribution in [0, 0.1) is 6.92 Å². The van der Waals surface area contributed by atoms with E-state index in [2.05, 4.69) is 5.32 Å². The first-order valence-corrected chi connectivity index (χ1v) is 7.34. The predicted molar refractivity (Wildman–Crippen MR) is 86.2 cm³/mol. The van der Waals surface area contributed by atoms with Gasteiger partial charge in [0.25, 0.3) is 5.91 Å². The van der Waals surface area contributed by atoms with Gasteiger partial charge in [0.15, 0.2) is 6.10 Å². The number of hydrogen-bond acceptors (Lipinski definition) is 3. The Labute approximate surface area is 131 Å². The highest BCUT2D eigenvalue weighted by Crippen LogP contribution is 2.15. The number of benzene rings is 2. The summed E-state index contributed by atoms with van der Waals surface area (Å²) in [5.74, 6) is 1.36. The summed E-state index contributed by atoms with van der Waals surface area (Å²) in [6.45, 7) is 4.58. The van der Waals surface area contributed by atoms with E-state index in [0.717, 1.165) is 11.3 Å². The minimum absolute atomic E-state index is 0.155. The van der Waals surface area contributed by atoms with Crippen LogP contribution in [0.25, 0.3) is 0 Å². The topological polar surface area (TPSA) is 47.6 Å². The number of hydrogen-bond donors (Lipinski definition) is 1. The van der Waals surface area contributed by atoms with E-state index >= 15 is 0 Å². The summed E-state index contributed by atoms with van der Waals surface area (Å²) in [7, 11) is 0. The first kappa shape index (κ1) is 15.9. The molecule has 0 bridgehead atoms. The van der Waals surface area contributed by atoms with Crippen molar-refractivity contribution >= 4 is 5.91 Å². The van der Waals surface area contributed by atoms with Crippen LogP contribution in [0.2, 0.25) is 0 Å². The zero-order valence-electron chi connectivity index (χ0n) is 12.9. The van der Waals surface area contributed by atoms with Crippen molar-refractivity contribution in [3.05, 3.63) is 60.2 Å². The van der Waals surface area contributed by atoms with Gasteiger partial charge in [-0.2, -0.15) is 0 Å². The van der Waals surface area contributed by atoms with Crippen LogP contribution in [-0.2, 0) is 4.79 Å². The fourth-order valence-electron chi connectivity index (χ4n) is 1.95. The highest BCUT2D eigenvalue weighted by atomic mass is 16.5. The lowest BCUT2D eigenvalue weighted by atomic mass is 10.2. The van der Waals surface area contributed by atoms with Gasteiger partial charge < -0.3 is 14.8 Å². The van der Waals surface area contributed by atoms with Crippen LogP contribution in [0.3, 0.4) is 0 Å². The van der Waals surface area contributed by atoms with Gasteiger partial charge >= 0.3 is 0 Å². The molecule has 4 heteroatoms. The lowest BCUT2D eigenvalue weighted by Gasteiger charge is -2.15. The van der Waals surface area contributed by atoms with Gasteiger partial charge in [0.1, 0.15) is 18.1 Å². The van der Waals surface area contributed by atoms with Crippen LogP contribution < -0.4 is 14.8 Å². The summed E-state index contributed by atoms with van der Waals surface area (Å²) in [5.41, 5.74) is 1.08. The van der Waals surface area contributed by atoms with Gasteiger partial charge in [-0.15, -0.1) is 0 Å². The molecule has 0 aliphatic heterocycles. The Balaban J connectivity index is 1.70. The maximum absolute atomic E-state index is 11.9. The van der Waals surface area contributed by atoms with E-state index in [9.17, 15) is 4.79 Å². The molecular weight excluding hydrogens is 278 g/mol. The van der Waals surface area contributed by atoms with Crippen LogP contribution in [0.5, 0.6) is 11.5 Å². The van der Waals surface area contributed by atoms with Crippen molar-refractivity contribution in [1.82, 2.24) is 5.32 Å². The smallest absolute Gasteiger partial charge is 0.260 e. The van der Waals surface area contributed by atoms with Crippen molar-refractivity contribution in [2.45, 2.75) is 20.0 Å². The number of ether oxygens (including phenoxy) is 2. The number of carbonyl (C=O) groups excluding carboxylic acids is 1. The molecule has 1 N–H and O–H groups in total. The molecule has 0 saturated carbocycles. The molecule has 0 saturated heterocycles. The molecule has 0 heterocycles. The second-order valence-corrected chi connectivity index (χ2v) is 4.98. The molecule has 0 spiro atoms. The van der Waals surface area contributed by atoms with Gasteiger partial charge in [0.2, 0.25) is 0 Å². The van der Waals surface area contributed by atoms with Crippen LogP contribution in [0.15, 0.2) is 54.6 Å². The number of para-hydroxylation sites is 2. The highest BCUT2D eigenvalue weighted by molar-refractivity contribution is 5.80. The summed E-state index contributed by atoms with van der Waals surface area (Å²) in [5, 5.41) is 2.80. The summed E-state index contributed by atoms with van der Waals surface area (Å²) in [6, 6.07) is 17.1. The van der Waals surface area contributed by atoms with Crippen LogP contribution in [0.1, 0.15) is 12.5 Å². The molecule has 0 aliphatic rings. The molecule has 4 nitrogen and oxygen atoms in total. The third kappa shape index (κ3) is 4.81. The van der Waals surface area contributed by atoms with Gasteiger partial charge in [0, 0.05) is 0 Å². The minimum Gasteiger partial charge on any atom is -0.491 e. The Morgan fingerprint density at radius 3 is 2.50 bits per heavy atom. The van der Waals surface area contributed by atoms with E-state index in [1.165, 1.54) is 0 Å². The Kier molecular flexibility index (Phi) is 5.83. The van der Waals surface area contributed by atoms with Crippen molar-refractivity contribution in [1.29, 1.82) is 0 Å². The summed E-state index contributed by atoms with van der Waals surface area (Å²) in [4.78, 5) is 11.9. The number of rotatable bonds is 7. The number of carbonyl (C=O) groups is 1. The van der Waals surface area contributed by atoms with Gasteiger partial charge in [-0.05, 0) is 37.6 Å². The van der Waals surface area contributed by atoms with E-state index in [1.54, 1.807) is 6.92 Å². The Hall–Kier alpha value is -2.49. The second kappa shape index (κ2) is 8.08. The molecule has 2 aromatic rings. The van der Waals surface area contributed by atoms with E-state index in [0.29, 0.717) is 18.9 Å². The van der Waals surface area contributed by atoms with Crippen molar-refractivity contribution in [2.75, 3.05) is 13.2 Å². The van der Waals surface area contributed by atoms with Crippen molar-refractivity contribution < 1.29 is 14.3 Å². The standard InChI is InChI=1S/C18H21NO3/c1-14-8-6-7-11-17(14)21-13-12-19-18(20)15(2)22-16-9-4-3-5-10-16/h3-11,15H,12-13H2,1-2H3,(H,19,20)/t15-/m0/s1. The van der Waals surface area contributed by atoms with E-state index in [4.69, 9.17) is 9.47 Å². The second-order valence-electron chi connectivity index (χ2n) is 4.98. The van der Waals surface area contributed by atoms with Gasteiger partial charge in [-0.1, -0.05) is 36.4 Å². The molecule has 0 radical (unpaired) electrons. The molecule has 0 aliphatic carbocycles. The summed E-state index contributed by atoms with van der Waals surface area (Å²) < 4.78 is 11.2. The fourth-order valence-corrected chi connectivity index (χ4v) is 1.95. The van der Waals surface area contributed by atoms with Crippen LogP contribution in [-0.4, -0.2) is 25.2 Å². The molecular formula is C18H21NO3. The quantitative estimate of drug-likeness (QED) is 0.800. The zero-order valence-corrected chi connectivity index (χ0v) is 12.9. The largest absolute Gasteiger partial charge is 0.491 e. The van der Waals surface area contributed by atoms with Crippen molar-refractivity contribution in [3.8, 4) is 11.5 Å². The van der Waals surface area contributed by atoms with E-state index in [-0.39, 0.29) is 5.91 Å². The average molecular weight is 299 g/mol. The molecule has 0 fully saturated rings. The molecule has 2 rings (SSSR count). The lowest BCUT2D eigenvalue weighted by Crippen LogP contribution is -2.38. The molecule has 0 aromatic heterocycles. The fraction of sp³-hybridized carbons (Fsp3) is 0.278. The molecule has 116 valence electrons. The normalized spacial score (nSPS) is 11.5. The maximum atomic E-state index is 11.9. The number of aryl methyl sites for hydroxylation is 1. The summed E-state index contributed by atoms with van der Waals surface area (Å²) in [6.07, 6.45) is -0.541. The lowest BCUT2D eigenvalue weighted by molar-refractivity contribution is -0.127. The summed E-state index contributed by atoms with van der Waals surface area (Å²) >= 11 is 0. The third-order valence-electron chi connectivity index (χ3n) is 3.18. The van der Waals surface area contributed by atoms with Crippen LogP contribution in [0.4, 0.5) is 0 Å². The van der Waals surface area contributed by atoms with Crippen molar-refractivity contribution in [2.24, 2.45) is 0 Å². The van der Waals surface area contributed by atoms with Crippen molar-refractivity contribution in [3.63, 3.8) is 0 Å². The molecule has 0 unspecified atom stereocenters.